The van der Waals surface area contributed by atoms with Gasteiger partial charge in [0.25, 0.3) is 11.5 Å². The molecule has 0 atom stereocenters. The number of methoxy groups -OCH3 is 1. The normalized spacial score (nSPS) is 17.5. The highest BCUT2D eigenvalue weighted by Crippen LogP contribution is 2.37. The smallest absolute Gasteiger partial charge is 0.270 e. The second kappa shape index (κ2) is 11.5. The van der Waals surface area contributed by atoms with Crippen molar-refractivity contribution in [3.63, 3.8) is 0 Å². The molecular weight excluding hydrogens is 504 g/mol. The van der Waals surface area contributed by atoms with E-state index in [1.807, 2.05) is 37.3 Å². The summed E-state index contributed by atoms with van der Waals surface area (Å²) < 4.78 is 7.44. The van der Waals surface area contributed by atoms with Crippen LogP contribution in [0.15, 0.2) is 34.0 Å². The van der Waals surface area contributed by atoms with Gasteiger partial charge in [0.2, 0.25) is 0 Å². The molecule has 2 aliphatic rings. The molecule has 2 saturated heterocycles. The number of rotatable bonds is 7. The average molecular weight is 537 g/mol. The standard InChI is InChI=1S/C28H32N4O3S2/c1-5-12-31-25(30-13-10-18(2)11-14-30)22(19(3)23(16-29)26(31)33)15-24-27(34)32(28(36)37-24)17-20-6-8-21(35-4)9-7-20/h6-9,15,18H,5,10-14,17H2,1-4H3/b24-15+. The predicted octanol–water partition coefficient (Wildman–Crippen LogP) is 5.08. The summed E-state index contributed by atoms with van der Waals surface area (Å²) in [5, 5.41) is 9.84. The van der Waals surface area contributed by atoms with Gasteiger partial charge in [-0.1, -0.05) is 50.0 Å². The third kappa shape index (κ3) is 5.46. The molecule has 194 valence electrons. The van der Waals surface area contributed by atoms with Gasteiger partial charge in [0.05, 0.1) is 18.6 Å². The van der Waals surface area contributed by atoms with E-state index >= 15 is 0 Å². The highest BCUT2D eigenvalue weighted by Gasteiger charge is 2.33. The molecule has 2 aliphatic heterocycles. The van der Waals surface area contributed by atoms with Crippen LogP contribution in [0.1, 0.15) is 55.4 Å². The molecule has 0 saturated carbocycles. The molecule has 0 unspecified atom stereocenters. The van der Waals surface area contributed by atoms with Crippen LogP contribution >= 0.6 is 24.0 Å². The van der Waals surface area contributed by atoms with E-state index in [1.165, 1.54) is 11.8 Å². The lowest BCUT2D eigenvalue weighted by atomic mass is 9.97. The summed E-state index contributed by atoms with van der Waals surface area (Å²) >= 11 is 6.84. The monoisotopic (exact) mass is 536 g/mol. The fourth-order valence-electron chi connectivity index (χ4n) is 4.82. The first-order chi connectivity index (χ1) is 17.8. The van der Waals surface area contributed by atoms with E-state index < -0.39 is 0 Å². The summed E-state index contributed by atoms with van der Waals surface area (Å²) in [4.78, 5) is 31.2. The van der Waals surface area contributed by atoms with Crippen molar-refractivity contribution in [3.05, 3.63) is 61.8 Å². The Kier molecular flexibility index (Phi) is 8.40. The first-order valence-electron chi connectivity index (χ1n) is 12.6. The van der Waals surface area contributed by atoms with E-state index in [0.29, 0.717) is 33.8 Å². The largest absolute Gasteiger partial charge is 0.497 e. The van der Waals surface area contributed by atoms with Crippen LogP contribution in [0.3, 0.4) is 0 Å². The SMILES string of the molecule is CCCn1c(N2CCC(C)CC2)c(/C=C2/SC(=S)N(Cc3ccc(OC)cc3)C2=O)c(C)c(C#N)c1=O. The average Bonchev–Trinajstić information content (AvgIpc) is 3.16. The molecule has 0 bridgehead atoms. The van der Waals surface area contributed by atoms with Gasteiger partial charge in [-0.3, -0.25) is 19.1 Å². The van der Waals surface area contributed by atoms with E-state index in [9.17, 15) is 14.9 Å². The summed E-state index contributed by atoms with van der Waals surface area (Å²) in [6.45, 7) is 8.59. The number of carbonyl (C=O) groups is 1. The van der Waals surface area contributed by atoms with Crippen LogP contribution in [0.4, 0.5) is 5.82 Å². The molecule has 0 radical (unpaired) electrons. The van der Waals surface area contributed by atoms with Crippen molar-refractivity contribution >= 4 is 46.1 Å². The quantitative estimate of drug-likeness (QED) is 0.360. The fourth-order valence-corrected chi connectivity index (χ4v) is 6.05. The number of carbonyl (C=O) groups excluding carboxylic acids is 1. The molecular formula is C28H32N4O3S2. The van der Waals surface area contributed by atoms with Crippen LogP contribution in [0, 0.1) is 24.2 Å². The number of anilines is 1. The Morgan fingerprint density at radius 3 is 2.49 bits per heavy atom. The maximum absolute atomic E-state index is 13.5. The number of thiocarbonyl (C=S) groups is 1. The van der Waals surface area contributed by atoms with Crippen LogP contribution < -0.4 is 15.2 Å². The molecule has 1 amide bonds. The minimum Gasteiger partial charge on any atom is -0.497 e. The van der Waals surface area contributed by atoms with Crippen LogP contribution in [0.2, 0.25) is 0 Å². The van der Waals surface area contributed by atoms with Gasteiger partial charge in [-0.2, -0.15) is 5.26 Å². The van der Waals surface area contributed by atoms with Crippen molar-refractivity contribution in [2.75, 3.05) is 25.1 Å². The second-order valence-corrected chi connectivity index (χ2v) is 11.3. The van der Waals surface area contributed by atoms with Crippen LogP contribution in [-0.4, -0.2) is 39.9 Å². The minimum atomic E-state index is -0.264. The summed E-state index contributed by atoms with van der Waals surface area (Å²) in [6.07, 6.45) is 4.66. The Hall–Kier alpha value is -3.09. The maximum Gasteiger partial charge on any atom is 0.270 e. The number of aromatic nitrogens is 1. The van der Waals surface area contributed by atoms with Gasteiger partial charge in [0.1, 0.15) is 27.5 Å². The Bertz CT molecular complexity index is 1330. The molecule has 0 spiro atoms. The second-order valence-electron chi connectivity index (χ2n) is 9.59. The van der Waals surface area contributed by atoms with Gasteiger partial charge in [0, 0.05) is 25.2 Å². The summed E-state index contributed by atoms with van der Waals surface area (Å²) in [5.74, 6) is 2.00. The lowest BCUT2D eigenvalue weighted by Crippen LogP contribution is -2.39. The molecule has 0 N–H and O–H groups in total. The van der Waals surface area contributed by atoms with Crippen molar-refractivity contribution in [2.24, 2.45) is 5.92 Å². The van der Waals surface area contributed by atoms with Gasteiger partial charge in [-0.15, -0.1) is 0 Å². The molecule has 3 heterocycles. The number of hydrogen-bond donors (Lipinski definition) is 0. The van der Waals surface area contributed by atoms with Gasteiger partial charge in [-0.05, 0) is 61.4 Å². The van der Waals surface area contributed by atoms with Gasteiger partial charge in [-0.25, -0.2) is 0 Å². The van der Waals surface area contributed by atoms with Gasteiger partial charge in [0.15, 0.2) is 0 Å². The zero-order valence-corrected chi connectivity index (χ0v) is 23.4. The van der Waals surface area contributed by atoms with Crippen molar-refractivity contribution < 1.29 is 9.53 Å². The summed E-state index contributed by atoms with van der Waals surface area (Å²) in [5.41, 5.74) is 2.17. The number of pyridine rings is 1. The lowest BCUT2D eigenvalue weighted by Gasteiger charge is -2.35. The van der Waals surface area contributed by atoms with Crippen LogP contribution in [-0.2, 0) is 17.9 Å². The Morgan fingerprint density at radius 2 is 1.89 bits per heavy atom. The third-order valence-corrected chi connectivity index (χ3v) is 8.40. The summed E-state index contributed by atoms with van der Waals surface area (Å²) in [7, 11) is 1.61. The van der Waals surface area contributed by atoms with E-state index in [2.05, 4.69) is 17.9 Å². The predicted molar refractivity (Wildman–Crippen MR) is 153 cm³/mol. The van der Waals surface area contributed by atoms with Crippen LogP contribution in [0.5, 0.6) is 5.75 Å². The van der Waals surface area contributed by atoms with Crippen molar-refractivity contribution in [3.8, 4) is 11.8 Å². The number of piperidine rings is 1. The van der Waals surface area contributed by atoms with E-state index in [0.717, 1.165) is 55.0 Å². The highest BCUT2D eigenvalue weighted by molar-refractivity contribution is 8.26. The Labute approximate surface area is 227 Å². The number of hydrogen-bond acceptors (Lipinski definition) is 7. The molecule has 1 aromatic heterocycles. The molecule has 1 aromatic carbocycles. The van der Waals surface area contributed by atoms with E-state index in [4.69, 9.17) is 17.0 Å². The zero-order chi connectivity index (χ0) is 26.7. The topological polar surface area (TPSA) is 78.6 Å². The Balaban J connectivity index is 1.77. The molecule has 7 nitrogen and oxygen atoms in total. The number of ether oxygens (including phenoxy) is 1. The molecule has 37 heavy (non-hydrogen) atoms. The Morgan fingerprint density at radius 1 is 1.22 bits per heavy atom. The van der Waals surface area contributed by atoms with Crippen LogP contribution in [0.25, 0.3) is 6.08 Å². The molecule has 4 rings (SSSR count). The minimum absolute atomic E-state index is 0.127. The fraction of sp³-hybridized carbons (Fsp3) is 0.429. The number of nitriles is 1. The number of thioether (sulfide) groups is 1. The molecule has 9 heteroatoms. The number of amides is 1. The van der Waals surface area contributed by atoms with Crippen molar-refractivity contribution in [1.29, 1.82) is 5.26 Å². The van der Waals surface area contributed by atoms with Gasteiger partial charge >= 0.3 is 0 Å². The first-order valence-corrected chi connectivity index (χ1v) is 13.8. The maximum atomic E-state index is 13.5. The number of nitrogens with zero attached hydrogens (tertiary/aromatic N) is 4. The molecule has 2 fully saturated rings. The first kappa shape index (κ1) is 27.0. The summed E-state index contributed by atoms with van der Waals surface area (Å²) in [6, 6.07) is 9.67. The lowest BCUT2D eigenvalue weighted by molar-refractivity contribution is -0.122. The van der Waals surface area contributed by atoms with Crippen molar-refractivity contribution in [2.45, 2.75) is 53.1 Å². The zero-order valence-electron chi connectivity index (χ0n) is 21.7. The van der Waals surface area contributed by atoms with E-state index in [-0.39, 0.29) is 17.0 Å². The third-order valence-electron chi connectivity index (χ3n) is 7.03. The van der Waals surface area contributed by atoms with Gasteiger partial charge < -0.3 is 9.64 Å². The highest BCUT2D eigenvalue weighted by atomic mass is 32.2. The van der Waals surface area contributed by atoms with E-state index in [1.54, 1.807) is 23.5 Å². The van der Waals surface area contributed by atoms with Crippen molar-refractivity contribution in [1.82, 2.24) is 9.47 Å². The molecule has 2 aromatic rings. The number of benzene rings is 1. The molecule has 0 aliphatic carbocycles.